The maximum absolute atomic E-state index is 11.3. The molecule has 20 heavy (non-hydrogen) atoms. The zero-order valence-corrected chi connectivity index (χ0v) is 12.8. The first-order chi connectivity index (χ1) is 9.70. The van der Waals surface area contributed by atoms with E-state index in [1.165, 1.54) is 25.7 Å². The van der Waals surface area contributed by atoms with Crippen LogP contribution in [0.25, 0.3) is 0 Å². The van der Waals surface area contributed by atoms with E-state index >= 15 is 0 Å². The summed E-state index contributed by atoms with van der Waals surface area (Å²) in [7, 11) is 0. The van der Waals surface area contributed by atoms with E-state index in [0.29, 0.717) is 5.92 Å². The van der Waals surface area contributed by atoms with Crippen LogP contribution in [0.2, 0.25) is 0 Å². The van der Waals surface area contributed by atoms with Gasteiger partial charge in [0.05, 0.1) is 0 Å². The summed E-state index contributed by atoms with van der Waals surface area (Å²) in [6.07, 6.45) is 10.9. The van der Waals surface area contributed by atoms with Gasteiger partial charge in [-0.2, -0.15) is 0 Å². The van der Waals surface area contributed by atoms with Gasteiger partial charge in [-0.1, -0.05) is 58.4 Å². The first kappa shape index (κ1) is 16.7. The third-order valence-electron chi connectivity index (χ3n) is 3.79. The van der Waals surface area contributed by atoms with Crippen LogP contribution in [0.5, 0.6) is 0 Å². The summed E-state index contributed by atoms with van der Waals surface area (Å²) in [5.41, 5.74) is 1.16. The van der Waals surface area contributed by atoms with Gasteiger partial charge in [0.25, 0.3) is 0 Å². The zero-order chi connectivity index (χ0) is 14.8. The van der Waals surface area contributed by atoms with E-state index in [9.17, 15) is 9.90 Å². The molecule has 0 spiro atoms. The van der Waals surface area contributed by atoms with Gasteiger partial charge in [-0.05, 0) is 30.4 Å². The van der Waals surface area contributed by atoms with Crippen LogP contribution in [-0.4, -0.2) is 16.1 Å². The van der Waals surface area contributed by atoms with Crippen LogP contribution in [0.3, 0.4) is 0 Å². The number of aromatic carboxylic acids is 1. The number of aromatic nitrogens is 1. The fourth-order valence-electron chi connectivity index (χ4n) is 2.65. The Morgan fingerprint density at radius 3 is 2.50 bits per heavy atom. The number of carboxylic acid groups (broad SMARTS) is 1. The molecule has 0 saturated carbocycles. The van der Waals surface area contributed by atoms with Gasteiger partial charge in [0.15, 0.2) is 5.69 Å². The highest BCUT2D eigenvalue weighted by molar-refractivity contribution is 5.87. The zero-order valence-electron chi connectivity index (χ0n) is 12.8. The summed E-state index contributed by atoms with van der Waals surface area (Å²) in [6, 6.07) is 3.80. The van der Waals surface area contributed by atoms with E-state index in [1.807, 2.05) is 12.1 Å². The van der Waals surface area contributed by atoms with Crippen molar-refractivity contribution >= 4 is 5.97 Å². The molecule has 112 valence electrons. The fourth-order valence-corrected chi connectivity index (χ4v) is 2.65. The molecule has 1 N–H and O–H groups in total. The van der Waals surface area contributed by atoms with Crippen molar-refractivity contribution in [1.82, 2.24) is 4.98 Å². The number of hydrogen-bond acceptors (Lipinski definition) is 2. The summed E-state index contributed by atoms with van der Waals surface area (Å²) >= 11 is 0. The molecule has 0 radical (unpaired) electrons. The quantitative estimate of drug-likeness (QED) is 0.611. The molecule has 0 saturated heterocycles. The molecule has 0 aliphatic rings. The molecular weight excluding hydrogens is 250 g/mol. The molecule has 3 nitrogen and oxygen atoms in total. The first-order valence-electron chi connectivity index (χ1n) is 7.88. The molecular formula is C17H27NO2. The monoisotopic (exact) mass is 277 g/mol. The Morgan fingerprint density at radius 1 is 1.15 bits per heavy atom. The molecule has 0 aromatic carbocycles. The molecule has 0 aliphatic carbocycles. The summed E-state index contributed by atoms with van der Waals surface area (Å²) in [5.74, 6) is -0.567. The molecule has 0 aliphatic heterocycles. The number of carboxylic acids is 1. The maximum atomic E-state index is 11.3. The standard InChI is InChI=1S/C17H27NO2/c1-3-5-7-8-11-14(10-6-4-2)15-12-9-13-18-16(15)17(19)20/h9,12-14H,3-8,10-11H2,1-2H3,(H,19,20). The molecule has 0 fully saturated rings. The van der Waals surface area contributed by atoms with Crippen molar-refractivity contribution in [3.8, 4) is 0 Å². The van der Waals surface area contributed by atoms with Crippen LogP contribution in [0, 0.1) is 0 Å². The topological polar surface area (TPSA) is 50.2 Å². The van der Waals surface area contributed by atoms with Gasteiger partial charge in [0.2, 0.25) is 0 Å². The van der Waals surface area contributed by atoms with Crippen molar-refractivity contribution in [3.05, 3.63) is 29.6 Å². The Balaban J connectivity index is 2.78. The lowest BCUT2D eigenvalue weighted by molar-refractivity contribution is 0.0688. The molecule has 1 aromatic rings. The molecule has 1 unspecified atom stereocenters. The van der Waals surface area contributed by atoms with Gasteiger partial charge in [0, 0.05) is 6.20 Å². The minimum Gasteiger partial charge on any atom is -0.477 e. The van der Waals surface area contributed by atoms with E-state index < -0.39 is 5.97 Å². The third-order valence-corrected chi connectivity index (χ3v) is 3.79. The Hall–Kier alpha value is -1.38. The highest BCUT2D eigenvalue weighted by Gasteiger charge is 2.19. The van der Waals surface area contributed by atoms with Gasteiger partial charge in [-0.25, -0.2) is 9.78 Å². The van der Waals surface area contributed by atoms with Gasteiger partial charge in [-0.3, -0.25) is 0 Å². The highest BCUT2D eigenvalue weighted by atomic mass is 16.4. The lowest BCUT2D eigenvalue weighted by atomic mass is 9.87. The lowest BCUT2D eigenvalue weighted by Gasteiger charge is -2.18. The molecule has 1 aromatic heterocycles. The van der Waals surface area contributed by atoms with Gasteiger partial charge >= 0.3 is 5.97 Å². The van der Waals surface area contributed by atoms with E-state index in [2.05, 4.69) is 18.8 Å². The van der Waals surface area contributed by atoms with Crippen molar-refractivity contribution in [3.63, 3.8) is 0 Å². The highest BCUT2D eigenvalue weighted by Crippen LogP contribution is 2.29. The summed E-state index contributed by atoms with van der Waals surface area (Å²) in [5, 5.41) is 9.29. The second-order valence-electron chi connectivity index (χ2n) is 5.43. The van der Waals surface area contributed by atoms with Crippen molar-refractivity contribution in [2.75, 3.05) is 0 Å². The Labute approximate surface area is 122 Å². The largest absolute Gasteiger partial charge is 0.477 e. The van der Waals surface area contributed by atoms with Crippen LogP contribution in [-0.2, 0) is 0 Å². The van der Waals surface area contributed by atoms with Gasteiger partial charge < -0.3 is 5.11 Å². The average molecular weight is 277 g/mol. The number of pyridine rings is 1. The predicted octanol–water partition coefficient (Wildman–Crippen LogP) is 5.02. The van der Waals surface area contributed by atoms with E-state index in [-0.39, 0.29) is 5.69 Å². The van der Waals surface area contributed by atoms with Crippen molar-refractivity contribution in [2.24, 2.45) is 0 Å². The molecule has 1 atom stereocenters. The van der Waals surface area contributed by atoms with Crippen LogP contribution in [0.4, 0.5) is 0 Å². The second kappa shape index (κ2) is 9.51. The Morgan fingerprint density at radius 2 is 1.85 bits per heavy atom. The predicted molar refractivity (Wildman–Crippen MR) is 82.2 cm³/mol. The summed E-state index contributed by atoms with van der Waals surface area (Å²) in [6.45, 7) is 4.38. The average Bonchev–Trinajstić information content (AvgIpc) is 2.46. The minimum absolute atomic E-state index is 0.240. The lowest BCUT2D eigenvalue weighted by Crippen LogP contribution is -2.10. The molecule has 1 heterocycles. The molecule has 0 amide bonds. The van der Waals surface area contributed by atoms with Crippen LogP contribution in [0.1, 0.15) is 87.2 Å². The van der Waals surface area contributed by atoms with Gasteiger partial charge in [-0.15, -0.1) is 0 Å². The molecule has 3 heteroatoms. The number of rotatable bonds is 10. The smallest absolute Gasteiger partial charge is 0.354 e. The Kier molecular flexibility index (Phi) is 7.93. The first-order valence-corrected chi connectivity index (χ1v) is 7.88. The van der Waals surface area contributed by atoms with E-state index in [1.54, 1.807) is 6.20 Å². The van der Waals surface area contributed by atoms with Crippen molar-refractivity contribution in [2.45, 2.75) is 71.1 Å². The SMILES string of the molecule is CCCCCCC(CCCC)c1cccnc1C(=O)O. The summed E-state index contributed by atoms with van der Waals surface area (Å²) < 4.78 is 0. The van der Waals surface area contributed by atoms with Gasteiger partial charge in [0.1, 0.15) is 0 Å². The number of hydrogen-bond donors (Lipinski definition) is 1. The third kappa shape index (κ3) is 5.32. The van der Waals surface area contributed by atoms with Crippen LogP contribution in [0.15, 0.2) is 18.3 Å². The van der Waals surface area contributed by atoms with Crippen LogP contribution < -0.4 is 0 Å². The van der Waals surface area contributed by atoms with Crippen molar-refractivity contribution < 1.29 is 9.90 Å². The van der Waals surface area contributed by atoms with E-state index in [4.69, 9.17) is 0 Å². The minimum atomic E-state index is -0.907. The molecule has 0 bridgehead atoms. The number of nitrogens with zero attached hydrogens (tertiary/aromatic N) is 1. The normalized spacial score (nSPS) is 12.3. The molecule has 1 rings (SSSR count). The fraction of sp³-hybridized carbons (Fsp3) is 0.647. The Bertz CT molecular complexity index is 404. The maximum Gasteiger partial charge on any atom is 0.354 e. The van der Waals surface area contributed by atoms with Crippen molar-refractivity contribution in [1.29, 1.82) is 0 Å². The summed E-state index contributed by atoms with van der Waals surface area (Å²) in [4.78, 5) is 15.4. The number of unbranched alkanes of at least 4 members (excludes halogenated alkanes) is 4. The number of carbonyl (C=O) groups is 1. The van der Waals surface area contributed by atoms with Crippen LogP contribution >= 0.6 is 0 Å². The second-order valence-corrected chi connectivity index (χ2v) is 5.43. The van der Waals surface area contributed by atoms with E-state index in [0.717, 1.165) is 31.2 Å².